The Morgan fingerprint density at radius 3 is 2.67 bits per heavy atom. The molecule has 2 aromatic rings. The lowest BCUT2D eigenvalue weighted by atomic mass is 10.1. The van der Waals surface area contributed by atoms with Crippen molar-refractivity contribution in [1.82, 2.24) is 4.98 Å². The fourth-order valence-electron chi connectivity index (χ4n) is 1.97. The molecule has 3 N–H and O–H groups in total. The maximum absolute atomic E-state index is 12.4. The summed E-state index contributed by atoms with van der Waals surface area (Å²) in [6.45, 7) is 4.56. The first-order valence-electron chi connectivity index (χ1n) is 5.95. The van der Waals surface area contributed by atoms with Crippen LogP contribution in [0.3, 0.4) is 0 Å². The summed E-state index contributed by atoms with van der Waals surface area (Å²) in [5.41, 5.74) is 8.71. The van der Waals surface area contributed by atoms with Gasteiger partial charge in [-0.15, -0.1) is 0 Å². The summed E-state index contributed by atoms with van der Waals surface area (Å²) in [5, 5.41) is 0. The summed E-state index contributed by atoms with van der Waals surface area (Å²) in [4.78, 5) is 17.0. The van der Waals surface area contributed by atoms with Crippen molar-refractivity contribution in [1.29, 1.82) is 0 Å². The summed E-state index contributed by atoms with van der Waals surface area (Å²) in [7, 11) is 0. The van der Waals surface area contributed by atoms with Crippen molar-refractivity contribution in [2.75, 3.05) is 17.2 Å². The SMILES string of the molecule is CCN(C(=O)c1cc(N)c[nH]1)c1ccccc1C. The predicted molar refractivity (Wildman–Crippen MR) is 73.7 cm³/mol. The molecule has 2 rings (SSSR count). The third kappa shape index (κ3) is 2.22. The molecule has 94 valence electrons. The Kier molecular flexibility index (Phi) is 3.37. The number of aryl methyl sites for hydroxylation is 1. The fourth-order valence-corrected chi connectivity index (χ4v) is 1.97. The number of benzene rings is 1. The Bertz CT molecular complexity index is 560. The van der Waals surface area contributed by atoms with Gasteiger partial charge in [0, 0.05) is 24.1 Å². The highest BCUT2D eigenvalue weighted by Crippen LogP contribution is 2.21. The van der Waals surface area contributed by atoms with Crippen LogP contribution in [-0.4, -0.2) is 17.4 Å². The molecular formula is C14H17N3O. The lowest BCUT2D eigenvalue weighted by molar-refractivity contribution is 0.0984. The van der Waals surface area contributed by atoms with Gasteiger partial charge in [0.1, 0.15) is 5.69 Å². The van der Waals surface area contributed by atoms with E-state index in [2.05, 4.69) is 4.98 Å². The Labute approximate surface area is 106 Å². The average Bonchev–Trinajstić information content (AvgIpc) is 2.79. The number of aromatic nitrogens is 1. The summed E-state index contributed by atoms with van der Waals surface area (Å²) in [6.07, 6.45) is 1.62. The van der Waals surface area contributed by atoms with Crippen molar-refractivity contribution in [3.8, 4) is 0 Å². The van der Waals surface area contributed by atoms with Crippen molar-refractivity contribution in [3.63, 3.8) is 0 Å². The van der Waals surface area contributed by atoms with Gasteiger partial charge in [0.25, 0.3) is 5.91 Å². The number of carbonyl (C=O) groups is 1. The van der Waals surface area contributed by atoms with Gasteiger partial charge in [-0.3, -0.25) is 4.79 Å². The lowest BCUT2D eigenvalue weighted by Gasteiger charge is -2.22. The molecule has 0 radical (unpaired) electrons. The number of rotatable bonds is 3. The van der Waals surface area contributed by atoms with E-state index in [0.29, 0.717) is 17.9 Å². The third-order valence-electron chi connectivity index (χ3n) is 2.90. The minimum absolute atomic E-state index is 0.0662. The van der Waals surface area contributed by atoms with E-state index in [9.17, 15) is 4.79 Å². The van der Waals surface area contributed by atoms with E-state index in [-0.39, 0.29) is 5.91 Å². The van der Waals surface area contributed by atoms with Gasteiger partial charge >= 0.3 is 0 Å². The Hall–Kier alpha value is -2.23. The number of nitrogens with zero attached hydrogens (tertiary/aromatic N) is 1. The molecule has 4 heteroatoms. The number of nitrogen functional groups attached to an aromatic ring is 1. The number of hydrogen-bond donors (Lipinski definition) is 2. The van der Waals surface area contributed by atoms with Crippen LogP contribution in [0.25, 0.3) is 0 Å². The molecule has 1 aromatic heterocycles. The molecule has 1 aromatic carbocycles. The number of anilines is 2. The van der Waals surface area contributed by atoms with E-state index in [0.717, 1.165) is 11.3 Å². The van der Waals surface area contributed by atoms with Crippen molar-refractivity contribution in [2.45, 2.75) is 13.8 Å². The molecule has 0 aliphatic heterocycles. The van der Waals surface area contributed by atoms with Gasteiger partial charge in [-0.1, -0.05) is 18.2 Å². The Morgan fingerprint density at radius 2 is 2.11 bits per heavy atom. The van der Waals surface area contributed by atoms with Crippen LogP contribution in [-0.2, 0) is 0 Å². The quantitative estimate of drug-likeness (QED) is 0.870. The van der Waals surface area contributed by atoms with Gasteiger partial charge in [-0.05, 0) is 31.5 Å². The van der Waals surface area contributed by atoms with Gasteiger partial charge in [0.05, 0.1) is 0 Å². The number of carbonyl (C=O) groups excluding carboxylic acids is 1. The molecule has 1 amide bonds. The van der Waals surface area contributed by atoms with Crippen LogP contribution in [0.2, 0.25) is 0 Å². The summed E-state index contributed by atoms with van der Waals surface area (Å²) < 4.78 is 0. The number of nitrogens with two attached hydrogens (primary N) is 1. The van der Waals surface area contributed by atoms with Crippen LogP contribution in [0.15, 0.2) is 36.5 Å². The summed E-state index contributed by atoms with van der Waals surface area (Å²) >= 11 is 0. The first-order chi connectivity index (χ1) is 8.63. The zero-order valence-corrected chi connectivity index (χ0v) is 10.6. The number of H-pyrrole nitrogens is 1. The highest BCUT2D eigenvalue weighted by Gasteiger charge is 2.18. The normalized spacial score (nSPS) is 10.3. The molecule has 0 atom stereocenters. The first-order valence-corrected chi connectivity index (χ1v) is 5.95. The van der Waals surface area contributed by atoms with Crippen LogP contribution in [0.1, 0.15) is 23.0 Å². The topological polar surface area (TPSA) is 62.1 Å². The van der Waals surface area contributed by atoms with Gasteiger partial charge in [0.15, 0.2) is 0 Å². The van der Waals surface area contributed by atoms with E-state index in [1.54, 1.807) is 17.2 Å². The van der Waals surface area contributed by atoms with Crippen molar-refractivity contribution in [2.24, 2.45) is 0 Å². The van der Waals surface area contributed by atoms with E-state index in [1.165, 1.54) is 0 Å². The monoisotopic (exact) mass is 243 g/mol. The number of amides is 1. The molecule has 0 aliphatic carbocycles. The molecule has 0 aliphatic rings. The Morgan fingerprint density at radius 1 is 1.39 bits per heavy atom. The molecule has 0 spiro atoms. The number of aromatic amines is 1. The molecule has 0 unspecified atom stereocenters. The number of nitrogens with one attached hydrogen (secondary N) is 1. The van der Waals surface area contributed by atoms with Crippen LogP contribution < -0.4 is 10.6 Å². The second-order valence-corrected chi connectivity index (χ2v) is 4.18. The summed E-state index contributed by atoms with van der Waals surface area (Å²) in [5.74, 6) is -0.0662. The van der Waals surface area contributed by atoms with Crippen LogP contribution in [0.4, 0.5) is 11.4 Å². The maximum atomic E-state index is 12.4. The Balaban J connectivity index is 2.35. The minimum atomic E-state index is -0.0662. The molecule has 1 heterocycles. The van der Waals surface area contributed by atoms with E-state index in [4.69, 9.17) is 5.73 Å². The van der Waals surface area contributed by atoms with Gasteiger partial charge in [-0.2, -0.15) is 0 Å². The zero-order chi connectivity index (χ0) is 13.1. The van der Waals surface area contributed by atoms with E-state index >= 15 is 0 Å². The molecule has 0 saturated carbocycles. The average molecular weight is 243 g/mol. The standard InChI is InChI=1S/C14H17N3O/c1-3-17(13-7-5-4-6-10(13)2)14(18)12-8-11(15)9-16-12/h4-9,16H,3,15H2,1-2H3. The fraction of sp³-hybridized carbons (Fsp3) is 0.214. The summed E-state index contributed by atoms with van der Waals surface area (Å²) in [6, 6.07) is 9.49. The highest BCUT2D eigenvalue weighted by atomic mass is 16.2. The molecule has 0 bridgehead atoms. The molecule has 0 saturated heterocycles. The minimum Gasteiger partial charge on any atom is -0.397 e. The van der Waals surface area contributed by atoms with Gasteiger partial charge in [0.2, 0.25) is 0 Å². The third-order valence-corrected chi connectivity index (χ3v) is 2.90. The van der Waals surface area contributed by atoms with Crippen molar-refractivity contribution in [3.05, 3.63) is 47.8 Å². The van der Waals surface area contributed by atoms with Crippen molar-refractivity contribution >= 4 is 17.3 Å². The molecular weight excluding hydrogens is 226 g/mol. The predicted octanol–water partition coefficient (Wildman–Crippen LogP) is 2.57. The smallest absolute Gasteiger partial charge is 0.274 e. The molecule has 4 nitrogen and oxygen atoms in total. The highest BCUT2D eigenvalue weighted by molar-refractivity contribution is 6.05. The van der Waals surface area contributed by atoms with Crippen molar-refractivity contribution < 1.29 is 4.79 Å². The second-order valence-electron chi connectivity index (χ2n) is 4.18. The maximum Gasteiger partial charge on any atom is 0.274 e. The van der Waals surface area contributed by atoms with Crippen LogP contribution in [0.5, 0.6) is 0 Å². The molecule has 18 heavy (non-hydrogen) atoms. The largest absolute Gasteiger partial charge is 0.397 e. The van der Waals surface area contributed by atoms with E-state index < -0.39 is 0 Å². The van der Waals surface area contributed by atoms with E-state index in [1.807, 2.05) is 38.1 Å². The number of para-hydroxylation sites is 1. The molecule has 0 fully saturated rings. The number of hydrogen-bond acceptors (Lipinski definition) is 2. The van der Waals surface area contributed by atoms with Crippen LogP contribution in [0, 0.1) is 6.92 Å². The van der Waals surface area contributed by atoms with Gasteiger partial charge < -0.3 is 15.6 Å². The zero-order valence-electron chi connectivity index (χ0n) is 10.6. The van der Waals surface area contributed by atoms with Gasteiger partial charge in [-0.25, -0.2) is 0 Å². The van der Waals surface area contributed by atoms with Crippen LogP contribution >= 0.6 is 0 Å². The lowest BCUT2D eigenvalue weighted by Crippen LogP contribution is -2.31. The first kappa shape index (κ1) is 12.2. The second kappa shape index (κ2) is 4.96.